The lowest BCUT2D eigenvalue weighted by molar-refractivity contribution is 0.0387. The lowest BCUT2D eigenvalue weighted by Gasteiger charge is -2.06. The molecule has 6 nitrogen and oxygen atoms in total. The van der Waals surface area contributed by atoms with Crippen molar-refractivity contribution in [2.45, 2.75) is 20.4 Å². The van der Waals surface area contributed by atoms with Crippen molar-refractivity contribution in [1.29, 1.82) is 0 Å². The fourth-order valence-corrected chi connectivity index (χ4v) is 2.70. The van der Waals surface area contributed by atoms with Gasteiger partial charge in [-0.3, -0.25) is 4.79 Å². The Balaban J connectivity index is 2.07. The molecule has 0 saturated heterocycles. The molecule has 0 fully saturated rings. The minimum Gasteiger partial charge on any atom is -0.460 e. The molecule has 1 heterocycles. The van der Waals surface area contributed by atoms with E-state index in [-0.39, 0.29) is 12.5 Å². The van der Waals surface area contributed by atoms with Crippen LogP contribution in [-0.2, 0) is 16.0 Å². The van der Waals surface area contributed by atoms with Crippen LogP contribution in [-0.4, -0.2) is 37.2 Å². The number of halogens is 1. The minimum absolute atomic E-state index is 0.162. The van der Waals surface area contributed by atoms with Crippen LogP contribution in [0.3, 0.4) is 0 Å². The van der Waals surface area contributed by atoms with Gasteiger partial charge in [-0.25, -0.2) is 4.79 Å². The van der Waals surface area contributed by atoms with Gasteiger partial charge in [0, 0.05) is 24.4 Å². The molecule has 1 aromatic carbocycles. The fraction of sp³-hybridized carbons (Fsp3) is 0.333. The molecule has 25 heavy (non-hydrogen) atoms. The average molecular weight is 365 g/mol. The molecule has 0 aliphatic rings. The molecule has 2 rings (SSSR count). The standard InChI is InChI=1S/C18H21ClN2O4/c1-11-15(18(23)25-8-7-24-3)12(2)21-16(11)17(22)20-10-13-5-4-6-14(19)9-13/h4-6,9,21H,7-8,10H2,1-3H3,(H,20,22). The van der Waals surface area contributed by atoms with Gasteiger partial charge in [-0.05, 0) is 37.1 Å². The molecular formula is C18H21ClN2O4. The number of nitrogens with one attached hydrogen (secondary N) is 2. The molecule has 0 atom stereocenters. The van der Waals surface area contributed by atoms with Crippen LogP contribution in [0.15, 0.2) is 24.3 Å². The smallest absolute Gasteiger partial charge is 0.340 e. The maximum Gasteiger partial charge on any atom is 0.340 e. The summed E-state index contributed by atoms with van der Waals surface area (Å²) in [7, 11) is 1.53. The Kier molecular flexibility index (Phi) is 6.61. The average Bonchev–Trinajstić information content (AvgIpc) is 2.87. The van der Waals surface area contributed by atoms with Crippen molar-refractivity contribution < 1.29 is 19.1 Å². The topological polar surface area (TPSA) is 80.4 Å². The summed E-state index contributed by atoms with van der Waals surface area (Å²) >= 11 is 5.93. The zero-order valence-electron chi connectivity index (χ0n) is 14.4. The Morgan fingerprint density at radius 2 is 2.00 bits per heavy atom. The Morgan fingerprint density at radius 1 is 1.24 bits per heavy atom. The summed E-state index contributed by atoms with van der Waals surface area (Å²) in [6, 6.07) is 7.25. The number of aryl methyl sites for hydroxylation is 1. The monoisotopic (exact) mass is 364 g/mol. The van der Waals surface area contributed by atoms with Crippen LogP contribution >= 0.6 is 11.6 Å². The van der Waals surface area contributed by atoms with Crippen LogP contribution in [0.4, 0.5) is 0 Å². The van der Waals surface area contributed by atoms with Crippen molar-refractivity contribution in [2.24, 2.45) is 0 Å². The second-order valence-electron chi connectivity index (χ2n) is 5.57. The second kappa shape index (κ2) is 8.69. The van der Waals surface area contributed by atoms with Gasteiger partial charge in [0.15, 0.2) is 0 Å². The summed E-state index contributed by atoms with van der Waals surface area (Å²) in [6.45, 7) is 4.26. The summed E-state index contributed by atoms with van der Waals surface area (Å²) in [5.41, 5.74) is 2.76. The lowest BCUT2D eigenvalue weighted by atomic mass is 10.1. The molecule has 1 amide bonds. The van der Waals surface area contributed by atoms with Gasteiger partial charge in [-0.15, -0.1) is 0 Å². The molecule has 2 aromatic rings. The number of esters is 1. The lowest BCUT2D eigenvalue weighted by Crippen LogP contribution is -2.24. The molecule has 0 aliphatic heterocycles. The number of benzene rings is 1. The van der Waals surface area contributed by atoms with Crippen molar-refractivity contribution in [3.8, 4) is 0 Å². The number of H-pyrrole nitrogens is 1. The predicted molar refractivity (Wildman–Crippen MR) is 95.0 cm³/mol. The van der Waals surface area contributed by atoms with Crippen LogP contribution in [0.2, 0.25) is 5.02 Å². The van der Waals surface area contributed by atoms with E-state index >= 15 is 0 Å². The van der Waals surface area contributed by atoms with Gasteiger partial charge in [0.2, 0.25) is 0 Å². The van der Waals surface area contributed by atoms with E-state index in [4.69, 9.17) is 21.1 Å². The number of carbonyl (C=O) groups excluding carboxylic acids is 2. The van der Waals surface area contributed by atoms with Gasteiger partial charge < -0.3 is 19.8 Å². The zero-order valence-corrected chi connectivity index (χ0v) is 15.2. The summed E-state index contributed by atoms with van der Waals surface area (Å²) in [6.07, 6.45) is 0. The molecule has 0 unspecified atom stereocenters. The van der Waals surface area contributed by atoms with Gasteiger partial charge in [0.25, 0.3) is 5.91 Å². The number of hydrogen-bond acceptors (Lipinski definition) is 4. The number of carbonyl (C=O) groups is 2. The van der Waals surface area contributed by atoms with Crippen molar-refractivity contribution >= 4 is 23.5 Å². The van der Waals surface area contributed by atoms with E-state index in [2.05, 4.69) is 10.3 Å². The third-order valence-electron chi connectivity index (χ3n) is 3.73. The second-order valence-corrected chi connectivity index (χ2v) is 6.00. The van der Waals surface area contributed by atoms with Crippen molar-refractivity contribution in [3.63, 3.8) is 0 Å². The molecular weight excluding hydrogens is 344 g/mol. The SMILES string of the molecule is COCCOC(=O)c1c(C)[nH]c(C(=O)NCc2cccc(Cl)c2)c1C. The van der Waals surface area contributed by atoms with Crippen LogP contribution in [0.5, 0.6) is 0 Å². The van der Waals surface area contributed by atoms with Crippen LogP contribution in [0, 0.1) is 13.8 Å². The molecule has 0 radical (unpaired) electrons. The van der Waals surface area contributed by atoms with Crippen LogP contribution < -0.4 is 5.32 Å². The first-order valence-electron chi connectivity index (χ1n) is 7.82. The van der Waals surface area contributed by atoms with E-state index in [1.54, 1.807) is 26.0 Å². The third kappa shape index (κ3) is 4.84. The number of rotatable bonds is 7. The first kappa shape index (κ1) is 19.0. The summed E-state index contributed by atoms with van der Waals surface area (Å²) in [4.78, 5) is 27.6. The summed E-state index contributed by atoms with van der Waals surface area (Å²) < 4.78 is 9.99. The maximum atomic E-state index is 12.4. The molecule has 0 spiro atoms. The minimum atomic E-state index is -0.475. The van der Waals surface area contributed by atoms with E-state index in [1.165, 1.54) is 7.11 Å². The molecule has 2 N–H and O–H groups in total. The van der Waals surface area contributed by atoms with Gasteiger partial charge >= 0.3 is 5.97 Å². The highest BCUT2D eigenvalue weighted by atomic mass is 35.5. The fourth-order valence-electron chi connectivity index (χ4n) is 2.49. The molecule has 7 heteroatoms. The Labute approximate surface area is 151 Å². The van der Waals surface area contributed by atoms with Crippen molar-refractivity contribution in [2.75, 3.05) is 20.3 Å². The number of ether oxygens (including phenoxy) is 2. The Hall–Kier alpha value is -2.31. The molecule has 0 aliphatic carbocycles. The first-order chi connectivity index (χ1) is 11.9. The van der Waals surface area contributed by atoms with E-state index in [0.717, 1.165) is 5.56 Å². The highest BCUT2D eigenvalue weighted by Crippen LogP contribution is 2.19. The number of amides is 1. The number of hydrogen-bond donors (Lipinski definition) is 2. The quantitative estimate of drug-likeness (QED) is 0.584. The van der Waals surface area contributed by atoms with Gasteiger partial charge in [0.1, 0.15) is 12.3 Å². The largest absolute Gasteiger partial charge is 0.460 e. The first-order valence-corrected chi connectivity index (χ1v) is 8.19. The number of aromatic nitrogens is 1. The predicted octanol–water partition coefficient (Wildman–Crippen LogP) is 3.02. The summed E-state index contributed by atoms with van der Waals surface area (Å²) in [5, 5.41) is 3.43. The highest BCUT2D eigenvalue weighted by Gasteiger charge is 2.22. The normalized spacial score (nSPS) is 10.6. The zero-order chi connectivity index (χ0) is 18.4. The third-order valence-corrected chi connectivity index (χ3v) is 3.97. The summed E-state index contributed by atoms with van der Waals surface area (Å²) in [5.74, 6) is -0.770. The number of methoxy groups -OCH3 is 1. The highest BCUT2D eigenvalue weighted by molar-refractivity contribution is 6.30. The van der Waals surface area contributed by atoms with E-state index in [9.17, 15) is 9.59 Å². The molecule has 0 bridgehead atoms. The van der Waals surface area contributed by atoms with Gasteiger partial charge in [-0.2, -0.15) is 0 Å². The molecule has 0 saturated carbocycles. The van der Waals surface area contributed by atoms with Crippen molar-refractivity contribution in [1.82, 2.24) is 10.3 Å². The number of aromatic amines is 1. The van der Waals surface area contributed by atoms with E-state index in [1.807, 2.05) is 12.1 Å². The van der Waals surface area contributed by atoms with E-state index in [0.29, 0.717) is 40.7 Å². The maximum absolute atomic E-state index is 12.4. The van der Waals surface area contributed by atoms with Crippen LogP contribution in [0.25, 0.3) is 0 Å². The van der Waals surface area contributed by atoms with Gasteiger partial charge in [-0.1, -0.05) is 23.7 Å². The van der Waals surface area contributed by atoms with Crippen molar-refractivity contribution in [3.05, 3.63) is 57.4 Å². The van der Waals surface area contributed by atoms with Crippen LogP contribution in [0.1, 0.15) is 37.7 Å². The Morgan fingerprint density at radius 3 is 2.68 bits per heavy atom. The van der Waals surface area contributed by atoms with E-state index < -0.39 is 5.97 Å². The molecule has 1 aromatic heterocycles. The molecule has 134 valence electrons. The van der Waals surface area contributed by atoms with Gasteiger partial charge in [0.05, 0.1) is 12.2 Å². The Bertz CT molecular complexity index is 770.